The molecule has 0 aliphatic heterocycles. The van der Waals surface area contributed by atoms with E-state index in [0.717, 1.165) is 11.3 Å². The van der Waals surface area contributed by atoms with E-state index in [0.29, 0.717) is 5.92 Å². The van der Waals surface area contributed by atoms with Crippen LogP contribution in [0.2, 0.25) is 0 Å². The van der Waals surface area contributed by atoms with Crippen molar-refractivity contribution in [3.63, 3.8) is 0 Å². The molecular weight excluding hydrogens is 184 g/mol. The third-order valence-electron chi connectivity index (χ3n) is 2.60. The van der Waals surface area contributed by atoms with Gasteiger partial charge in [-0.2, -0.15) is 0 Å². The molecule has 1 aromatic rings. The van der Waals surface area contributed by atoms with Crippen LogP contribution in [0.4, 0.5) is 0 Å². The van der Waals surface area contributed by atoms with Gasteiger partial charge in [-0.3, -0.25) is 0 Å². The Morgan fingerprint density at radius 1 is 1.40 bits per heavy atom. The molecule has 0 N–H and O–H groups in total. The second-order valence-electron chi connectivity index (χ2n) is 4.34. The van der Waals surface area contributed by atoms with Crippen molar-refractivity contribution in [1.29, 1.82) is 0 Å². The van der Waals surface area contributed by atoms with Crippen molar-refractivity contribution in [2.75, 3.05) is 0 Å². The predicted octanol–water partition coefficient (Wildman–Crippen LogP) is 3.69. The minimum absolute atomic E-state index is 0.225. The lowest BCUT2D eigenvalue weighted by Gasteiger charge is -2.15. The van der Waals surface area contributed by atoms with Crippen molar-refractivity contribution >= 4 is 0 Å². The summed E-state index contributed by atoms with van der Waals surface area (Å²) in [6, 6.07) is 6.12. The molecule has 1 heteroatoms. The second-order valence-corrected chi connectivity index (χ2v) is 4.34. The highest BCUT2D eigenvalue weighted by Gasteiger charge is 2.28. The van der Waals surface area contributed by atoms with Crippen molar-refractivity contribution in [3.05, 3.63) is 42.0 Å². The molecule has 0 atom stereocenters. The summed E-state index contributed by atoms with van der Waals surface area (Å²) < 4.78 is 5.82. The summed E-state index contributed by atoms with van der Waals surface area (Å²) in [5.41, 5.74) is 2.41. The SMILES string of the molecule is C=[C]c1cccc(OC(C)C)c1C1CC1. The largest absolute Gasteiger partial charge is 0.491 e. The third-order valence-corrected chi connectivity index (χ3v) is 2.60. The van der Waals surface area contributed by atoms with E-state index < -0.39 is 0 Å². The summed E-state index contributed by atoms with van der Waals surface area (Å²) in [4.78, 5) is 0. The van der Waals surface area contributed by atoms with Crippen LogP contribution in [0.3, 0.4) is 0 Å². The highest BCUT2D eigenvalue weighted by Crippen LogP contribution is 2.46. The van der Waals surface area contributed by atoms with E-state index in [4.69, 9.17) is 4.74 Å². The summed E-state index contributed by atoms with van der Waals surface area (Å²) in [6.07, 6.45) is 5.77. The molecule has 15 heavy (non-hydrogen) atoms. The van der Waals surface area contributed by atoms with Crippen LogP contribution in [-0.4, -0.2) is 6.10 Å². The Labute approximate surface area is 91.8 Å². The molecular formula is C14H17O. The normalized spacial score (nSPS) is 15.4. The maximum atomic E-state index is 5.82. The maximum absolute atomic E-state index is 5.82. The highest BCUT2D eigenvalue weighted by molar-refractivity contribution is 5.47. The van der Waals surface area contributed by atoms with Crippen LogP contribution in [0.15, 0.2) is 24.8 Å². The zero-order chi connectivity index (χ0) is 10.8. The molecule has 0 unspecified atom stereocenters. The number of ether oxygens (including phenoxy) is 1. The number of benzene rings is 1. The molecule has 0 amide bonds. The van der Waals surface area contributed by atoms with E-state index in [2.05, 4.69) is 38.6 Å². The van der Waals surface area contributed by atoms with E-state index >= 15 is 0 Å². The van der Waals surface area contributed by atoms with Crippen LogP contribution in [-0.2, 0) is 0 Å². The van der Waals surface area contributed by atoms with E-state index in [1.54, 1.807) is 0 Å². The second kappa shape index (κ2) is 4.09. The average Bonchev–Trinajstić information content (AvgIpc) is 3.00. The van der Waals surface area contributed by atoms with Crippen molar-refractivity contribution in [2.24, 2.45) is 0 Å². The Kier molecular flexibility index (Phi) is 2.81. The molecule has 0 heterocycles. The summed E-state index contributed by atoms with van der Waals surface area (Å²) in [5.74, 6) is 1.69. The lowest BCUT2D eigenvalue weighted by Crippen LogP contribution is -2.07. The van der Waals surface area contributed by atoms with E-state index in [1.807, 2.05) is 6.07 Å². The van der Waals surface area contributed by atoms with Crippen LogP contribution in [0.25, 0.3) is 0 Å². The third kappa shape index (κ3) is 2.23. The van der Waals surface area contributed by atoms with Gasteiger partial charge in [0.2, 0.25) is 0 Å². The van der Waals surface area contributed by atoms with Gasteiger partial charge >= 0.3 is 0 Å². The first-order valence-corrected chi connectivity index (χ1v) is 5.55. The van der Waals surface area contributed by atoms with Gasteiger partial charge in [-0.25, -0.2) is 0 Å². The predicted molar refractivity (Wildman–Crippen MR) is 62.2 cm³/mol. The fraction of sp³-hybridized carbons (Fsp3) is 0.429. The Hall–Kier alpha value is -1.24. The standard InChI is InChI=1S/C14H17O/c1-4-11-6-5-7-13(15-10(2)3)14(11)12-8-9-12/h5-7,10,12H,1,8-9H2,2-3H3. The summed E-state index contributed by atoms with van der Waals surface area (Å²) in [6.45, 7) is 7.85. The molecule has 1 nitrogen and oxygen atoms in total. The van der Waals surface area contributed by atoms with Gasteiger partial charge in [-0.1, -0.05) is 18.7 Å². The van der Waals surface area contributed by atoms with Gasteiger partial charge < -0.3 is 4.74 Å². The molecule has 0 aromatic heterocycles. The lowest BCUT2D eigenvalue weighted by molar-refractivity contribution is 0.240. The molecule has 1 radical (unpaired) electrons. The Morgan fingerprint density at radius 2 is 2.13 bits per heavy atom. The van der Waals surface area contributed by atoms with Crippen molar-refractivity contribution < 1.29 is 4.74 Å². The van der Waals surface area contributed by atoms with E-state index in [1.165, 1.54) is 18.4 Å². The maximum Gasteiger partial charge on any atom is 0.123 e. The molecule has 0 bridgehead atoms. The molecule has 79 valence electrons. The number of hydrogen-bond donors (Lipinski definition) is 0. The molecule has 0 saturated heterocycles. The fourth-order valence-electron chi connectivity index (χ4n) is 1.85. The van der Waals surface area contributed by atoms with Gasteiger partial charge in [0.05, 0.1) is 6.10 Å². The van der Waals surface area contributed by atoms with Crippen molar-refractivity contribution in [3.8, 4) is 5.75 Å². The Morgan fingerprint density at radius 3 is 2.67 bits per heavy atom. The van der Waals surface area contributed by atoms with Gasteiger partial charge in [-0.05, 0) is 50.3 Å². The van der Waals surface area contributed by atoms with Gasteiger partial charge in [0.15, 0.2) is 0 Å². The summed E-state index contributed by atoms with van der Waals surface area (Å²) in [5, 5.41) is 0. The summed E-state index contributed by atoms with van der Waals surface area (Å²) in [7, 11) is 0. The Bertz CT molecular complexity index is 362. The lowest BCUT2D eigenvalue weighted by atomic mass is 10.0. The molecule has 1 fully saturated rings. The molecule has 2 rings (SSSR count). The van der Waals surface area contributed by atoms with Crippen LogP contribution in [0.5, 0.6) is 5.75 Å². The summed E-state index contributed by atoms with van der Waals surface area (Å²) >= 11 is 0. The van der Waals surface area contributed by atoms with Crippen LogP contribution < -0.4 is 4.74 Å². The minimum Gasteiger partial charge on any atom is -0.491 e. The molecule has 1 aliphatic rings. The van der Waals surface area contributed by atoms with Gasteiger partial charge in [-0.15, -0.1) is 0 Å². The van der Waals surface area contributed by atoms with E-state index in [-0.39, 0.29) is 6.10 Å². The highest BCUT2D eigenvalue weighted by atomic mass is 16.5. The smallest absolute Gasteiger partial charge is 0.123 e. The number of hydrogen-bond acceptors (Lipinski definition) is 1. The zero-order valence-corrected chi connectivity index (χ0v) is 9.42. The molecule has 1 aromatic carbocycles. The van der Waals surface area contributed by atoms with Gasteiger partial charge in [0.25, 0.3) is 0 Å². The van der Waals surface area contributed by atoms with Crippen LogP contribution in [0, 0.1) is 6.08 Å². The topological polar surface area (TPSA) is 9.23 Å². The fourth-order valence-corrected chi connectivity index (χ4v) is 1.85. The molecule has 1 aliphatic carbocycles. The van der Waals surface area contributed by atoms with Crippen molar-refractivity contribution in [2.45, 2.75) is 38.7 Å². The number of rotatable bonds is 4. The van der Waals surface area contributed by atoms with Crippen LogP contribution in [0.1, 0.15) is 43.7 Å². The first kappa shape index (κ1) is 10.3. The minimum atomic E-state index is 0.225. The average molecular weight is 201 g/mol. The van der Waals surface area contributed by atoms with E-state index in [9.17, 15) is 0 Å². The quantitative estimate of drug-likeness (QED) is 0.722. The first-order chi connectivity index (χ1) is 7.22. The Balaban J connectivity index is 2.38. The zero-order valence-electron chi connectivity index (χ0n) is 9.42. The monoisotopic (exact) mass is 201 g/mol. The first-order valence-electron chi connectivity index (χ1n) is 5.55. The molecule has 1 saturated carbocycles. The van der Waals surface area contributed by atoms with Crippen molar-refractivity contribution in [1.82, 2.24) is 0 Å². The van der Waals surface area contributed by atoms with Gasteiger partial charge in [0, 0.05) is 5.56 Å². The van der Waals surface area contributed by atoms with Gasteiger partial charge in [0.1, 0.15) is 5.75 Å². The van der Waals surface area contributed by atoms with Crippen LogP contribution >= 0.6 is 0 Å². The molecule has 0 spiro atoms.